The number of hydrogen-bond donors (Lipinski definition) is 0. The molecule has 1 unspecified atom stereocenters. The van der Waals surface area contributed by atoms with Gasteiger partial charge in [0.1, 0.15) is 5.82 Å². The fraction of sp³-hybridized carbons (Fsp3) is 0.308. The van der Waals surface area contributed by atoms with Crippen LogP contribution in [0.15, 0.2) is 33.7 Å². The maximum Gasteiger partial charge on any atom is 0.227 e. The van der Waals surface area contributed by atoms with Crippen molar-refractivity contribution in [3.63, 3.8) is 0 Å². The molecule has 2 aromatic rings. The maximum absolute atomic E-state index is 13.0. The number of aromatic nitrogens is 2. The van der Waals surface area contributed by atoms with Crippen LogP contribution in [0.3, 0.4) is 0 Å². The molecule has 0 saturated carbocycles. The van der Waals surface area contributed by atoms with Crippen LogP contribution in [-0.2, 0) is 12.2 Å². The van der Waals surface area contributed by atoms with E-state index in [0.717, 1.165) is 4.90 Å². The van der Waals surface area contributed by atoms with E-state index in [1.165, 1.54) is 23.9 Å². The summed E-state index contributed by atoms with van der Waals surface area (Å²) in [7, 11) is 0. The number of benzene rings is 1. The number of hydrogen-bond acceptors (Lipinski definition) is 5. The molecular formula is C13H12FN3OS. The fourth-order valence-corrected chi connectivity index (χ4v) is 2.23. The fourth-order valence-electron chi connectivity index (χ4n) is 1.44. The van der Waals surface area contributed by atoms with Crippen LogP contribution in [0, 0.1) is 23.1 Å². The molecule has 0 amide bonds. The van der Waals surface area contributed by atoms with Crippen molar-refractivity contribution in [2.24, 2.45) is 5.92 Å². The van der Waals surface area contributed by atoms with E-state index in [9.17, 15) is 4.39 Å². The molecule has 0 fully saturated rings. The lowest BCUT2D eigenvalue weighted by molar-refractivity contribution is 0.366. The lowest BCUT2D eigenvalue weighted by Crippen LogP contribution is -1.96. The van der Waals surface area contributed by atoms with Gasteiger partial charge in [0.2, 0.25) is 5.89 Å². The minimum Gasteiger partial charge on any atom is -0.339 e. The number of thioether (sulfide) groups is 1. The molecule has 19 heavy (non-hydrogen) atoms. The zero-order valence-corrected chi connectivity index (χ0v) is 11.2. The summed E-state index contributed by atoms with van der Waals surface area (Å²) in [6.45, 7) is 1.80. The quantitative estimate of drug-likeness (QED) is 0.785. The van der Waals surface area contributed by atoms with Crippen molar-refractivity contribution in [2.45, 2.75) is 24.0 Å². The Morgan fingerprint density at radius 2 is 2.37 bits per heavy atom. The zero-order chi connectivity index (χ0) is 13.7. The molecule has 4 nitrogen and oxygen atoms in total. The molecule has 0 radical (unpaired) electrons. The molecule has 1 aromatic carbocycles. The first-order valence-corrected chi connectivity index (χ1v) is 6.75. The molecule has 0 N–H and O–H groups in total. The molecule has 6 heteroatoms. The average molecular weight is 277 g/mol. The molecule has 0 aliphatic carbocycles. The summed E-state index contributed by atoms with van der Waals surface area (Å²) >= 11 is 1.44. The van der Waals surface area contributed by atoms with Crippen LogP contribution in [0.2, 0.25) is 0 Å². The molecule has 2 rings (SSSR count). The van der Waals surface area contributed by atoms with E-state index in [1.807, 2.05) is 6.07 Å². The summed E-state index contributed by atoms with van der Waals surface area (Å²) in [5, 5.41) is 12.5. The van der Waals surface area contributed by atoms with Crippen LogP contribution in [0.1, 0.15) is 18.6 Å². The number of halogens is 1. The highest BCUT2D eigenvalue weighted by Crippen LogP contribution is 2.22. The van der Waals surface area contributed by atoms with Crippen molar-refractivity contribution >= 4 is 11.8 Å². The van der Waals surface area contributed by atoms with Crippen molar-refractivity contribution in [3.8, 4) is 6.07 Å². The van der Waals surface area contributed by atoms with Gasteiger partial charge in [-0.2, -0.15) is 10.2 Å². The maximum atomic E-state index is 13.0. The van der Waals surface area contributed by atoms with Crippen LogP contribution in [0.25, 0.3) is 0 Å². The Balaban J connectivity index is 1.92. The molecular weight excluding hydrogens is 265 g/mol. The Morgan fingerprint density at radius 1 is 1.53 bits per heavy atom. The molecule has 0 aliphatic heterocycles. The van der Waals surface area contributed by atoms with Crippen molar-refractivity contribution in [1.29, 1.82) is 5.26 Å². The van der Waals surface area contributed by atoms with Gasteiger partial charge in [0.15, 0.2) is 5.82 Å². The van der Waals surface area contributed by atoms with Crippen LogP contribution < -0.4 is 0 Å². The highest BCUT2D eigenvalue weighted by Gasteiger charge is 2.10. The molecule has 0 aliphatic rings. The van der Waals surface area contributed by atoms with E-state index in [4.69, 9.17) is 9.78 Å². The van der Waals surface area contributed by atoms with Crippen LogP contribution >= 0.6 is 11.8 Å². The van der Waals surface area contributed by atoms with Crippen molar-refractivity contribution in [3.05, 3.63) is 41.8 Å². The minimum absolute atomic E-state index is 0.149. The first-order valence-electron chi connectivity index (χ1n) is 5.77. The summed E-state index contributed by atoms with van der Waals surface area (Å²) < 4.78 is 18.0. The Bertz CT molecular complexity index is 594. The van der Waals surface area contributed by atoms with Gasteiger partial charge < -0.3 is 4.52 Å². The highest BCUT2D eigenvalue weighted by atomic mass is 32.2. The average Bonchev–Trinajstić information content (AvgIpc) is 2.84. The van der Waals surface area contributed by atoms with Gasteiger partial charge in [0.25, 0.3) is 0 Å². The third-order valence-electron chi connectivity index (χ3n) is 2.38. The number of rotatable bonds is 5. The van der Waals surface area contributed by atoms with Gasteiger partial charge >= 0.3 is 0 Å². The monoisotopic (exact) mass is 277 g/mol. The highest BCUT2D eigenvalue weighted by molar-refractivity contribution is 7.98. The van der Waals surface area contributed by atoms with E-state index < -0.39 is 0 Å². The normalized spacial score (nSPS) is 12.1. The smallest absolute Gasteiger partial charge is 0.227 e. The van der Waals surface area contributed by atoms with Gasteiger partial charge in [-0.05, 0) is 25.1 Å². The Labute approximate surface area is 114 Å². The first-order chi connectivity index (χ1) is 9.17. The predicted molar refractivity (Wildman–Crippen MR) is 68.7 cm³/mol. The minimum atomic E-state index is -0.262. The summed E-state index contributed by atoms with van der Waals surface area (Å²) in [6.07, 6.45) is 0.453. The molecule has 1 aromatic heterocycles. The third kappa shape index (κ3) is 4.07. The summed E-state index contributed by atoms with van der Waals surface area (Å²) in [4.78, 5) is 5.01. The van der Waals surface area contributed by atoms with E-state index in [1.54, 1.807) is 13.0 Å². The molecule has 0 bridgehead atoms. The van der Waals surface area contributed by atoms with Crippen molar-refractivity contribution < 1.29 is 8.91 Å². The number of nitriles is 1. The lowest BCUT2D eigenvalue weighted by atomic mass is 10.1. The van der Waals surface area contributed by atoms with Crippen molar-refractivity contribution in [2.75, 3.05) is 0 Å². The van der Waals surface area contributed by atoms with E-state index in [-0.39, 0.29) is 11.7 Å². The second-order valence-electron chi connectivity index (χ2n) is 4.08. The van der Waals surface area contributed by atoms with Gasteiger partial charge in [-0.1, -0.05) is 11.2 Å². The Hall–Kier alpha value is -1.87. The van der Waals surface area contributed by atoms with E-state index in [2.05, 4.69) is 16.2 Å². The Morgan fingerprint density at radius 3 is 3.11 bits per heavy atom. The molecule has 1 atom stereocenters. The predicted octanol–water partition coefficient (Wildman–Crippen LogP) is 3.20. The first kappa shape index (κ1) is 13.6. The van der Waals surface area contributed by atoms with Crippen LogP contribution in [0.4, 0.5) is 4.39 Å². The zero-order valence-electron chi connectivity index (χ0n) is 10.3. The SMILES string of the molecule is CC(C#N)Cc1nc(CSc2cccc(F)c2)no1. The van der Waals surface area contributed by atoms with Gasteiger partial charge in [0.05, 0.1) is 17.7 Å². The van der Waals surface area contributed by atoms with Crippen molar-refractivity contribution in [1.82, 2.24) is 10.1 Å². The van der Waals surface area contributed by atoms with Gasteiger partial charge in [-0.15, -0.1) is 11.8 Å². The third-order valence-corrected chi connectivity index (χ3v) is 3.37. The largest absolute Gasteiger partial charge is 0.339 e. The van der Waals surface area contributed by atoms with Crippen LogP contribution in [0.5, 0.6) is 0 Å². The van der Waals surface area contributed by atoms with Crippen LogP contribution in [-0.4, -0.2) is 10.1 Å². The van der Waals surface area contributed by atoms with Gasteiger partial charge in [-0.3, -0.25) is 0 Å². The summed E-state index contributed by atoms with van der Waals surface area (Å²) in [5.41, 5.74) is 0. The molecule has 1 heterocycles. The molecule has 0 saturated heterocycles. The molecule has 0 spiro atoms. The molecule has 98 valence electrons. The second kappa shape index (κ2) is 6.34. The summed E-state index contributed by atoms with van der Waals surface area (Å²) in [5.74, 6) is 1.11. The number of nitrogens with zero attached hydrogens (tertiary/aromatic N) is 3. The standard InChI is InChI=1S/C13H12FN3OS/c1-9(7-15)5-13-16-12(17-18-13)8-19-11-4-2-3-10(14)6-11/h2-4,6,9H,5,8H2,1H3. The summed E-state index contributed by atoms with van der Waals surface area (Å²) in [6, 6.07) is 8.46. The van der Waals surface area contributed by atoms with Gasteiger partial charge in [0, 0.05) is 11.3 Å². The lowest BCUT2D eigenvalue weighted by Gasteiger charge is -1.97. The van der Waals surface area contributed by atoms with E-state index in [0.29, 0.717) is 23.9 Å². The Kier molecular flexibility index (Phi) is 4.53. The van der Waals surface area contributed by atoms with E-state index >= 15 is 0 Å². The van der Waals surface area contributed by atoms with Gasteiger partial charge in [-0.25, -0.2) is 4.39 Å². The second-order valence-corrected chi connectivity index (χ2v) is 5.13. The topological polar surface area (TPSA) is 62.7 Å².